The molecule has 94 valence electrons. The second kappa shape index (κ2) is 6.03. The largest absolute Gasteiger partial charge is 0.398 e. The smallest absolute Gasteiger partial charge is 0.0480 e. The van der Waals surface area contributed by atoms with Crippen molar-refractivity contribution in [2.45, 2.75) is 32.4 Å². The van der Waals surface area contributed by atoms with E-state index in [0.29, 0.717) is 6.04 Å². The normalized spacial score (nSPS) is 17.5. The Bertz CT molecular complexity index is 348. The van der Waals surface area contributed by atoms with Gasteiger partial charge < -0.3 is 10.5 Å². The Balaban J connectivity index is 2.01. The van der Waals surface area contributed by atoms with Crippen LogP contribution in [0.2, 0.25) is 0 Å². The molecule has 1 aliphatic heterocycles. The Kier molecular flexibility index (Phi) is 4.40. The van der Waals surface area contributed by atoms with E-state index in [1.807, 2.05) is 12.1 Å². The molecule has 17 heavy (non-hydrogen) atoms. The van der Waals surface area contributed by atoms with Crippen molar-refractivity contribution in [3.63, 3.8) is 0 Å². The van der Waals surface area contributed by atoms with Gasteiger partial charge in [0, 0.05) is 31.5 Å². The lowest BCUT2D eigenvalue weighted by molar-refractivity contribution is 0.0330. The highest BCUT2D eigenvalue weighted by atomic mass is 16.5. The second-order valence-electron chi connectivity index (χ2n) is 4.61. The molecule has 1 fully saturated rings. The van der Waals surface area contributed by atoms with Crippen LogP contribution < -0.4 is 5.73 Å². The van der Waals surface area contributed by atoms with Gasteiger partial charge in [-0.2, -0.15) is 0 Å². The molecule has 3 nitrogen and oxygen atoms in total. The molecule has 0 aromatic heterocycles. The number of anilines is 1. The molecule has 1 aromatic rings. The van der Waals surface area contributed by atoms with E-state index in [0.717, 1.165) is 44.8 Å². The molecule has 2 N–H and O–H groups in total. The fourth-order valence-electron chi connectivity index (χ4n) is 2.45. The summed E-state index contributed by atoms with van der Waals surface area (Å²) in [6, 6.07) is 8.80. The first-order valence-electron chi connectivity index (χ1n) is 6.46. The van der Waals surface area contributed by atoms with Crippen molar-refractivity contribution in [2.75, 3.05) is 25.5 Å². The first kappa shape index (κ1) is 12.4. The molecule has 0 amide bonds. The summed E-state index contributed by atoms with van der Waals surface area (Å²) in [5.41, 5.74) is 8.14. The second-order valence-corrected chi connectivity index (χ2v) is 4.61. The third kappa shape index (κ3) is 3.20. The quantitative estimate of drug-likeness (QED) is 0.812. The Morgan fingerprint density at radius 3 is 2.65 bits per heavy atom. The highest BCUT2D eigenvalue weighted by Crippen LogP contribution is 2.19. The molecule has 0 spiro atoms. The summed E-state index contributed by atoms with van der Waals surface area (Å²) in [6.07, 6.45) is 2.28. The number of hydrogen-bond acceptors (Lipinski definition) is 3. The van der Waals surface area contributed by atoms with Crippen LogP contribution in [0, 0.1) is 0 Å². The maximum absolute atomic E-state index is 6.00. The number of hydrogen-bond donors (Lipinski definition) is 1. The van der Waals surface area contributed by atoms with Crippen molar-refractivity contribution < 1.29 is 4.74 Å². The standard InChI is InChI=1S/C14H22N2O/c1-2-16(13-7-9-17-10-8-13)11-12-5-3-4-6-14(12)15/h3-6,13H,2,7-11,15H2,1H3. The maximum Gasteiger partial charge on any atom is 0.0480 e. The Morgan fingerprint density at radius 1 is 1.29 bits per heavy atom. The number of nitrogens with zero attached hydrogens (tertiary/aromatic N) is 1. The lowest BCUT2D eigenvalue weighted by Gasteiger charge is -2.33. The molecule has 1 aliphatic rings. The van der Waals surface area contributed by atoms with Crippen molar-refractivity contribution >= 4 is 5.69 Å². The topological polar surface area (TPSA) is 38.5 Å². The van der Waals surface area contributed by atoms with Crippen LogP contribution in [0.15, 0.2) is 24.3 Å². The third-order valence-corrected chi connectivity index (χ3v) is 3.54. The monoisotopic (exact) mass is 234 g/mol. The number of nitrogen functional groups attached to an aromatic ring is 1. The lowest BCUT2D eigenvalue weighted by atomic mass is 10.1. The van der Waals surface area contributed by atoms with Crippen LogP contribution in [0.4, 0.5) is 5.69 Å². The van der Waals surface area contributed by atoms with Gasteiger partial charge in [-0.3, -0.25) is 4.90 Å². The van der Waals surface area contributed by atoms with E-state index in [1.54, 1.807) is 0 Å². The Morgan fingerprint density at radius 2 is 2.00 bits per heavy atom. The summed E-state index contributed by atoms with van der Waals surface area (Å²) >= 11 is 0. The van der Waals surface area contributed by atoms with Gasteiger partial charge in [-0.25, -0.2) is 0 Å². The number of rotatable bonds is 4. The fraction of sp³-hybridized carbons (Fsp3) is 0.571. The summed E-state index contributed by atoms with van der Waals surface area (Å²) in [5.74, 6) is 0. The number of benzene rings is 1. The van der Waals surface area contributed by atoms with Gasteiger partial charge in [-0.05, 0) is 31.0 Å². The van der Waals surface area contributed by atoms with Gasteiger partial charge in [0.25, 0.3) is 0 Å². The predicted molar refractivity (Wildman–Crippen MR) is 70.8 cm³/mol. The molecule has 0 unspecified atom stereocenters. The van der Waals surface area contributed by atoms with E-state index in [2.05, 4.69) is 24.0 Å². The van der Waals surface area contributed by atoms with Crippen LogP contribution in [0.3, 0.4) is 0 Å². The molecule has 1 heterocycles. The molecule has 0 aliphatic carbocycles. The van der Waals surface area contributed by atoms with Gasteiger partial charge in [0.15, 0.2) is 0 Å². The zero-order valence-corrected chi connectivity index (χ0v) is 10.6. The van der Waals surface area contributed by atoms with Gasteiger partial charge >= 0.3 is 0 Å². The van der Waals surface area contributed by atoms with Crippen molar-refractivity contribution in [1.29, 1.82) is 0 Å². The van der Waals surface area contributed by atoms with Crippen molar-refractivity contribution in [2.24, 2.45) is 0 Å². The fourth-order valence-corrected chi connectivity index (χ4v) is 2.45. The van der Waals surface area contributed by atoms with E-state index in [1.165, 1.54) is 5.56 Å². The highest BCUT2D eigenvalue weighted by molar-refractivity contribution is 5.46. The van der Waals surface area contributed by atoms with E-state index < -0.39 is 0 Å². The lowest BCUT2D eigenvalue weighted by Crippen LogP contribution is -2.38. The zero-order valence-electron chi connectivity index (χ0n) is 10.6. The molecule has 1 saturated heterocycles. The molecular formula is C14H22N2O. The summed E-state index contributed by atoms with van der Waals surface area (Å²) in [5, 5.41) is 0. The molecule has 2 rings (SSSR count). The van der Waals surface area contributed by atoms with Crippen LogP contribution in [0.1, 0.15) is 25.3 Å². The minimum Gasteiger partial charge on any atom is -0.398 e. The highest BCUT2D eigenvalue weighted by Gasteiger charge is 2.20. The molecule has 1 aromatic carbocycles. The summed E-state index contributed by atoms with van der Waals surface area (Å²) in [4.78, 5) is 2.51. The predicted octanol–water partition coefficient (Wildman–Crippen LogP) is 2.27. The van der Waals surface area contributed by atoms with Gasteiger partial charge in [0.1, 0.15) is 0 Å². The molecular weight excluding hydrogens is 212 g/mol. The van der Waals surface area contributed by atoms with E-state index in [9.17, 15) is 0 Å². The van der Waals surface area contributed by atoms with Crippen LogP contribution in [0.5, 0.6) is 0 Å². The SMILES string of the molecule is CCN(Cc1ccccc1N)C1CCOCC1. The van der Waals surface area contributed by atoms with Crippen LogP contribution >= 0.6 is 0 Å². The molecule has 3 heteroatoms. The van der Waals surface area contributed by atoms with Crippen molar-refractivity contribution in [3.05, 3.63) is 29.8 Å². The number of ether oxygens (including phenoxy) is 1. The summed E-state index contributed by atoms with van der Waals surface area (Å²) in [7, 11) is 0. The van der Waals surface area contributed by atoms with E-state index >= 15 is 0 Å². The first-order valence-corrected chi connectivity index (χ1v) is 6.46. The third-order valence-electron chi connectivity index (χ3n) is 3.54. The number of nitrogens with two attached hydrogens (primary N) is 1. The average molecular weight is 234 g/mol. The van der Waals surface area contributed by atoms with Crippen molar-refractivity contribution in [1.82, 2.24) is 4.90 Å². The van der Waals surface area contributed by atoms with Gasteiger partial charge in [-0.15, -0.1) is 0 Å². The Labute approximate surface area is 104 Å². The minimum atomic E-state index is 0.647. The Hall–Kier alpha value is -1.06. The average Bonchev–Trinajstić information content (AvgIpc) is 2.39. The van der Waals surface area contributed by atoms with E-state index in [-0.39, 0.29) is 0 Å². The van der Waals surface area contributed by atoms with E-state index in [4.69, 9.17) is 10.5 Å². The first-order chi connectivity index (χ1) is 8.31. The van der Waals surface area contributed by atoms with Crippen LogP contribution in [-0.4, -0.2) is 30.7 Å². The van der Waals surface area contributed by atoms with Gasteiger partial charge in [-0.1, -0.05) is 25.1 Å². The molecule has 0 bridgehead atoms. The molecule has 0 atom stereocenters. The van der Waals surface area contributed by atoms with Gasteiger partial charge in [0.05, 0.1) is 0 Å². The van der Waals surface area contributed by atoms with Crippen molar-refractivity contribution in [3.8, 4) is 0 Å². The summed E-state index contributed by atoms with van der Waals surface area (Å²) < 4.78 is 5.42. The summed E-state index contributed by atoms with van der Waals surface area (Å²) in [6.45, 7) is 6.03. The number of para-hydroxylation sites is 1. The minimum absolute atomic E-state index is 0.647. The van der Waals surface area contributed by atoms with Crippen LogP contribution in [-0.2, 0) is 11.3 Å². The molecule has 0 saturated carbocycles. The zero-order chi connectivity index (χ0) is 12.1. The van der Waals surface area contributed by atoms with Crippen LogP contribution in [0.25, 0.3) is 0 Å². The van der Waals surface area contributed by atoms with Gasteiger partial charge in [0.2, 0.25) is 0 Å². The maximum atomic E-state index is 6.00. The molecule has 0 radical (unpaired) electrons.